The van der Waals surface area contributed by atoms with E-state index in [9.17, 15) is 9.18 Å². The van der Waals surface area contributed by atoms with Gasteiger partial charge in [0.1, 0.15) is 11.3 Å². The number of benzene rings is 3. The van der Waals surface area contributed by atoms with Gasteiger partial charge < -0.3 is 9.73 Å². The van der Waals surface area contributed by atoms with Crippen LogP contribution in [0.5, 0.6) is 0 Å². The number of anilines is 1. The van der Waals surface area contributed by atoms with Gasteiger partial charge in [0.2, 0.25) is 5.89 Å². The zero-order chi connectivity index (χ0) is 20.4. The Bertz CT molecular complexity index is 1220. The van der Waals surface area contributed by atoms with Crippen LogP contribution in [0.4, 0.5) is 10.1 Å². The Morgan fingerprint density at radius 1 is 1.07 bits per heavy atom. The molecule has 8 heteroatoms. The second-order valence-electron chi connectivity index (χ2n) is 6.13. The van der Waals surface area contributed by atoms with Crippen molar-refractivity contribution < 1.29 is 13.6 Å². The van der Waals surface area contributed by atoms with Gasteiger partial charge in [-0.05, 0) is 72.9 Å². The van der Waals surface area contributed by atoms with Crippen molar-refractivity contribution in [2.24, 2.45) is 0 Å². The zero-order valence-electron chi connectivity index (χ0n) is 14.8. The fourth-order valence-corrected chi connectivity index (χ4v) is 3.30. The Balaban J connectivity index is 1.48. The molecule has 0 atom stereocenters. The Labute approximate surface area is 179 Å². The second kappa shape index (κ2) is 8.10. The molecule has 0 saturated carbocycles. The van der Waals surface area contributed by atoms with Crippen LogP contribution in [0.15, 0.2) is 75.6 Å². The molecule has 144 valence electrons. The monoisotopic (exact) mass is 469 g/mol. The van der Waals surface area contributed by atoms with Crippen LogP contribution in [0.1, 0.15) is 10.4 Å². The smallest absolute Gasteiger partial charge is 0.257 e. The molecule has 29 heavy (non-hydrogen) atoms. The molecule has 1 amide bonds. The number of hydrogen-bond acceptors (Lipinski definition) is 4. The van der Waals surface area contributed by atoms with E-state index in [0.717, 1.165) is 4.47 Å². The van der Waals surface area contributed by atoms with Gasteiger partial charge in [-0.1, -0.05) is 22.0 Å². The molecule has 4 rings (SSSR count). The minimum Gasteiger partial charge on any atom is -0.436 e. The van der Waals surface area contributed by atoms with Gasteiger partial charge >= 0.3 is 0 Å². The summed E-state index contributed by atoms with van der Waals surface area (Å²) in [4.78, 5) is 16.7. The van der Waals surface area contributed by atoms with Crippen molar-refractivity contribution in [3.63, 3.8) is 0 Å². The van der Waals surface area contributed by atoms with Gasteiger partial charge in [-0.2, -0.15) is 0 Å². The van der Waals surface area contributed by atoms with Crippen LogP contribution >= 0.6 is 28.1 Å². The lowest BCUT2D eigenvalue weighted by atomic mass is 10.2. The number of aromatic nitrogens is 1. The minimum absolute atomic E-state index is 0.163. The minimum atomic E-state index is -0.324. The fraction of sp³-hybridized carbons (Fsp3) is 0. The van der Waals surface area contributed by atoms with Crippen LogP contribution in [0, 0.1) is 5.82 Å². The first-order valence-corrected chi connectivity index (χ1v) is 9.72. The van der Waals surface area contributed by atoms with Crippen LogP contribution < -0.4 is 10.6 Å². The zero-order valence-corrected chi connectivity index (χ0v) is 17.2. The van der Waals surface area contributed by atoms with Gasteiger partial charge in [0.15, 0.2) is 10.7 Å². The molecule has 0 fully saturated rings. The number of nitrogens with zero attached hydrogens (tertiary/aromatic N) is 1. The Kier molecular flexibility index (Phi) is 5.37. The standard InChI is InChI=1S/C21H13BrFN3O2S/c22-14-3-1-2-13(10-14)19(27)26-21(29)24-16-8-9-18-17(11-16)25-20(28-18)12-4-6-15(23)7-5-12/h1-11H,(H2,24,26,27,29). The largest absolute Gasteiger partial charge is 0.436 e. The lowest BCUT2D eigenvalue weighted by molar-refractivity contribution is 0.0977. The van der Waals surface area contributed by atoms with Crippen molar-refractivity contribution in [2.45, 2.75) is 0 Å². The third-order valence-corrected chi connectivity index (χ3v) is 4.75. The van der Waals surface area contributed by atoms with Crippen LogP contribution in [0.3, 0.4) is 0 Å². The predicted molar refractivity (Wildman–Crippen MR) is 117 cm³/mol. The summed E-state index contributed by atoms with van der Waals surface area (Å²) in [5, 5.41) is 5.76. The summed E-state index contributed by atoms with van der Waals surface area (Å²) in [5.74, 6) is -0.248. The third-order valence-electron chi connectivity index (χ3n) is 4.05. The molecular formula is C21H13BrFN3O2S. The van der Waals surface area contributed by atoms with Gasteiger partial charge in [-0.15, -0.1) is 0 Å². The maximum atomic E-state index is 13.1. The molecule has 4 aromatic rings. The van der Waals surface area contributed by atoms with E-state index in [2.05, 4.69) is 31.5 Å². The van der Waals surface area contributed by atoms with E-state index in [1.165, 1.54) is 12.1 Å². The highest BCUT2D eigenvalue weighted by Crippen LogP contribution is 2.26. The maximum Gasteiger partial charge on any atom is 0.257 e. The van der Waals surface area contributed by atoms with E-state index in [1.54, 1.807) is 48.5 Å². The summed E-state index contributed by atoms with van der Waals surface area (Å²) < 4.78 is 19.6. The van der Waals surface area contributed by atoms with E-state index in [4.69, 9.17) is 16.6 Å². The first-order chi connectivity index (χ1) is 14.0. The van der Waals surface area contributed by atoms with Crippen LogP contribution in [0.25, 0.3) is 22.6 Å². The van der Waals surface area contributed by atoms with E-state index < -0.39 is 0 Å². The van der Waals surface area contributed by atoms with E-state index >= 15 is 0 Å². The topological polar surface area (TPSA) is 67.2 Å². The molecular weight excluding hydrogens is 457 g/mol. The summed E-state index contributed by atoms with van der Waals surface area (Å²) in [5.41, 5.74) is 3.00. The molecule has 0 saturated heterocycles. The SMILES string of the molecule is O=C(NC(=S)Nc1ccc2oc(-c3ccc(F)cc3)nc2c1)c1cccc(Br)c1. The number of carbonyl (C=O) groups is 1. The van der Waals surface area contributed by atoms with Crippen molar-refractivity contribution in [3.05, 3.63) is 82.6 Å². The van der Waals surface area contributed by atoms with Gasteiger partial charge in [0.25, 0.3) is 5.91 Å². The van der Waals surface area contributed by atoms with Gasteiger partial charge in [0.05, 0.1) is 0 Å². The van der Waals surface area contributed by atoms with Crippen molar-refractivity contribution >= 4 is 56.0 Å². The first kappa shape index (κ1) is 19.2. The number of fused-ring (bicyclic) bond motifs is 1. The van der Waals surface area contributed by atoms with Gasteiger partial charge in [0, 0.05) is 21.3 Å². The molecule has 0 radical (unpaired) electrons. The highest BCUT2D eigenvalue weighted by atomic mass is 79.9. The number of halogens is 2. The quantitative estimate of drug-likeness (QED) is 0.386. The number of nitrogens with one attached hydrogen (secondary N) is 2. The van der Waals surface area contributed by atoms with Crippen LogP contribution in [-0.2, 0) is 0 Å². The molecule has 0 aliphatic heterocycles. The van der Waals surface area contributed by atoms with Crippen LogP contribution in [-0.4, -0.2) is 16.0 Å². The molecule has 0 bridgehead atoms. The molecule has 1 aromatic heterocycles. The number of hydrogen-bond donors (Lipinski definition) is 2. The molecule has 0 spiro atoms. The fourth-order valence-electron chi connectivity index (χ4n) is 2.69. The molecule has 1 heterocycles. The lowest BCUT2D eigenvalue weighted by Crippen LogP contribution is -2.34. The van der Waals surface area contributed by atoms with E-state index in [1.807, 2.05) is 6.07 Å². The normalized spacial score (nSPS) is 10.7. The van der Waals surface area contributed by atoms with Crippen molar-refractivity contribution in [1.82, 2.24) is 10.3 Å². The summed E-state index contributed by atoms with van der Waals surface area (Å²) in [6.07, 6.45) is 0. The molecule has 0 aliphatic carbocycles. The average Bonchev–Trinajstić information content (AvgIpc) is 3.11. The lowest BCUT2D eigenvalue weighted by Gasteiger charge is -2.09. The Morgan fingerprint density at radius 2 is 1.86 bits per heavy atom. The van der Waals surface area contributed by atoms with E-state index in [0.29, 0.717) is 33.8 Å². The van der Waals surface area contributed by atoms with Crippen molar-refractivity contribution in [2.75, 3.05) is 5.32 Å². The third kappa shape index (κ3) is 4.49. The Morgan fingerprint density at radius 3 is 2.62 bits per heavy atom. The maximum absolute atomic E-state index is 13.1. The van der Waals surface area contributed by atoms with Crippen molar-refractivity contribution in [1.29, 1.82) is 0 Å². The highest BCUT2D eigenvalue weighted by Gasteiger charge is 2.11. The Hall–Kier alpha value is -3.10. The predicted octanol–water partition coefficient (Wildman–Crippen LogP) is 5.52. The second-order valence-corrected chi connectivity index (χ2v) is 7.45. The van der Waals surface area contributed by atoms with Crippen molar-refractivity contribution in [3.8, 4) is 11.5 Å². The van der Waals surface area contributed by atoms with Crippen LogP contribution in [0.2, 0.25) is 0 Å². The average molecular weight is 470 g/mol. The molecule has 0 aliphatic rings. The molecule has 5 nitrogen and oxygen atoms in total. The number of rotatable bonds is 3. The number of oxazole rings is 1. The van der Waals surface area contributed by atoms with Gasteiger partial charge in [-0.3, -0.25) is 10.1 Å². The van der Waals surface area contributed by atoms with E-state index in [-0.39, 0.29) is 16.8 Å². The van der Waals surface area contributed by atoms with Gasteiger partial charge in [-0.25, -0.2) is 9.37 Å². The number of carbonyl (C=O) groups excluding carboxylic acids is 1. The highest BCUT2D eigenvalue weighted by molar-refractivity contribution is 9.10. The number of thiocarbonyl (C=S) groups is 1. The molecule has 0 unspecified atom stereocenters. The summed E-state index contributed by atoms with van der Waals surface area (Å²) >= 11 is 8.56. The first-order valence-electron chi connectivity index (χ1n) is 8.52. The summed E-state index contributed by atoms with van der Waals surface area (Å²) in [6, 6.07) is 18.2. The summed E-state index contributed by atoms with van der Waals surface area (Å²) in [7, 11) is 0. The number of amides is 1. The molecule has 2 N–H and O–H groups in total. The summed E-state index contributed by atoms with van der Waals surface area (Å²) in [6.45, 7) is 0. The molecule has 3 aromatic carbocycles.